The van der Waals surface area contributed by atoms with E-state index in [9.17, 15) is 4.79 Å². The highest BCUT2D eigenvalue weighted by molar-refractivity contribution is 5.68. The molecule has 100 valence electrons. The lowest BCUT2D eigenvalue weighted by Crippen LogP contribution is -2.45. The molecule has 1 atom stereocenters. The second-order valence-electron chi connectivity index (χ2n) is 5.04. The topological polar surface area (TPSA) is 77.7 Å². The Kier molecular flexibility index (Phi) is 3.51. The van der Waals surface area contributed by atoms with E-state index in [0.29, 0.717) is 25.6 Å². The van der Waals surface area contributed by atoms with E-state index in [1.165, 1.54) is 6.39 Å². The van der Waals surface area contributed by atoms with Crippen LogP contribution in [-0.2, 0) is 9.47 Å². The van der Waals surface area contributed by atoms with Crippen LogP contribution < -0.4 is 0 Å². The Morgan fingerprint density at radius 3 is 2.94 bits per heavy atom. The van der Waals surface area contributed by atoms with Crippen molar-refractivity contribution in [1.82, 2.24) is 15.1 Å². The Morgan fingerprint density at radius 1 is 1.56 bits per heavy atom. The van der Waals surface area contributed by atoms with Crippen LogP contribution in [0.25, 0.3) is 0 Å². The smallest absolute Gasteiger partial charge is 0.411 e. The molecule has 1 fully saturated rings. The van der Waals surface area contributed by atoms with Gasteiger partial charge in [-0.1, -0.05) is 0 Å². The molecular formula is C11H17N3O4. The van der Waals surface area contributed by atoms with Gasteiger partial charge in [0.15, 0.2) is 0 Å². The summed E-state index contributed by atoms with van der Waals surface area (Å²) in [5, 5.41) is 7.44. The molecule has 0 aromatic carbocycles. The summed E-state index contributed by atoms with van der Waals surface area (Å²) >= 11 is 0. The number of rotatable bonds is 1. The van der Waals surface area contributed by atoms with Gasteiger partial charge < -0.3 is 13.9 Å². The molecule has 0 aliphatic carbocycles. The van der Waals surface area contributed by atoms with Crippen LogP contribution in [0.2, 0.25) is 0 Å². The zero-order valence-electron chi connectivity index (χ0n) is 10.8. The van der Waals surface area contributed by atoms with Gasteiger partial charge in [-0.15, -0.1) is 10.2 Å². The van der Waals surface area contributed by atoms with Gasteiger partial charge in [-0.3, -0.25) is 4.90 Å². The lowest BCUT2D eigenvalue weighted by molar-refractivity contribution is -0.0391. The highest BCUT2D eigenvalue weighted by atomic mass is 16.6. The molecule has 0 N–H and O–H groups in total. The predicted octanol–water partition coefficient (Wildman–Crippen LogP) is 1.38. The quantitative estimate of drug-likeness (QED) is 0.754. The van der Waals surface area contributed by atoms with E-state index in [1.54, 1.807) is 4.90 Å². The van der Waals surface area contributed by atoms with Crippen molar-refractivity contribution in [3.8, 4) is 0 Å². The summed E-state index contributed by atoms with van der Waals surface area (Å²) in [5.41, 5.74) is -0.533. The van der Waals surface area contributed by atoms with Crippen LogP contribution in [0.15, 0.2) is 10.8 Å². The standard InChI is InChI=1S/C11H17N3O4/c1-11(2,3)18-10(15)14-4-5-16-6-8(14)9-13-12-7-17-9/h7-8H,4-6H2,1-3H3. The number of hydrogen-bond donors (Lipinski definition) is 0. The number of aromatic nitrogens is 2. The van der Waals surface area contributed by atoms with E-state index in [2.05, 4.69) is 10.2 Å². The monoisotopic (exact) mass is 255 g/mol. The van der Waals surface area contributed by atoms with Gasteiger partial charge >= 0.3 is 6.09 Å². The lowest BCUT2D eigenvalue weighted by atomic mass is 10.2. The zero-order chi connectivity index (χ0) is 13.2. The number of morpholine rings is 1. The maximum absolute atomic E-state index is 12.1. The van der Waals surface area contributed by atoms with Crippen LogP contribution >= 0.6 is 0 Å². The van der Waals surface area contributed by atoms with Crippen molar-refractivity contribution >= 4 is 6.09 Å². The van der Waals surface area contributed by atoms with Crippen molar-refractivity contribution < 1.29 is 18.7 Å². The van der Waals surface area contributed by atoms with E-state index in [4.69, 9.17) is 13.9 Å². The molecule has 0 spiro atoms. The number of ether oxygens (including phenoxy) is 2. The summed E-state index contributed by atoms with van der Waals surface area (Å²) in [6, 6.07) is -0.379. The molecule has 1 saturated heterocycles. The molecule has 18 heavy (non-hydrogen) atoms. The van der Waals surface area contributed by atoms with Crippen molar-refractivity contribution in [1.29, 1.82) is 0 Å². The molecule has 1 amide bonds. The van der Waals surface area contributed by atoms with Crippen LogP contribution in [0.4, 0.5) is 4.79 Å². The molecular weight excluding hydrogens is 238 g/mol. The Balaban J connectivity index is 2.11. The fraction of sp³-hybridized carbons (Fsp3) is 0.727. The first-order chi connectivity index (χ1) is 8.47. The van der Waals surface area contributed by atoms with Crippen LogP contribution in [-0.4, -0.2) is 46.6 Å². The van der Waals surface area contributed by atoms with Crippen molar-refractivity contribution in [2.24, 2.45) is 0 Å². The van der Waals surface area contributed by atoms with E-state index < -0.39 is 11.7 Å². The summed E-state index contributed by atoms with van der Waals surface area (Å²) in [6.45, 7) is 6.74. The molecule has 1 aliphatic heterocycles. The maximum atomic E-state index is 12.1. The normalized spacial score (nSPS) is 20.8. The predicted molar refractivity (Wildman–Crippen MR) is 60.8 cm³/mol. The number of nitrogens with zero attached hydrogens (tertiary/aromatic N) is 3. The third-order valence-corrected chi connectivity index (χ3v) is 2.42. The van der Waals surface area contributed by atoms with Crippen LogP contribution in [0, 0.1) is 0 Å². The number of amides is 1. The van der Waals surface area contributed by atoms with Gasteiger partial charge in [-0.05, 0) is 20.8 Å². The molecule has 0 bridgehead atoms. The van der Waals surface area contributed by atoms with E-state index in [0.717, 1.165) is 0 Å². The molecule has 1 aromatic rings. The van der Waals surface area contributed by atoms with Gasteiger partial charge in [0.25, 0.3) is 0 Å². The van der Waals surface area contributed by atoms with Crippen LogP contribution in [0.3, 0.4) is 0 Å². The van der Waals surface area contributed by atoms with Crippen molar-refractivity contribution in [2.75, 3.05) is 19.8 Å². The molecule has 7 heteroatoms. The Labute approximate surface area is 105 Å². The minimum Gasteiger partial charge on any atom is -0.444 e. The van der Waals surface area contributed by atoms with E-state index in [-0.39, 0.29) is 6.04 Å². The lowest BCUT2D eigenvalue weighted by Gasteiger charge is -2.34. The fourth-order valence-corrected chi connectivity index (χ4v) is 1.67. The minimum absolute atomic E-state index is 0.335. The first-order valence-corrected chi connectivity index (χ1v) is 5.81. The summed E-state index contributed by atoms with van der Waals surface area (Å²) in [4.78, 5) is 13.6. The highest BCUT2D eigenvalue weighted by Crippen LogP contribution is 2.24. The molecule has 1 unspecified atom stereocenters. The molecule has 0 radical (unpaired) electrons. The first-order valence-electron chi connectivity index (χ1n) is 5.81. The van der Waals surface area contributed by atoms with Gasteiger partial charge in [-0.2, -0.15) is 0 Å². The summed E-state index contributed by atoms with van der Waals surface area (Å²) in [7, 11) is 0. The fourth-order valence-electron chi connectivity index (χ4n) is 1.67. The largest absolute Gasteiger partial charge is 0.444 e. The number of carbonyl (C=O) groups excluding carboxylic acids is 1. The highest BCUT2D eigenvalue weighted by Gasteiger charge is 2.34. The van der Waals surface area contributed by atoms with Crippen LogP contribution in [0.1, 0.15) is 32.7 Å². The summed E-state index contributed by atoms with van der Waals surface area (Å²) in [6.07, 6.45) is 0.839. The van der Waals surface area contributed by atoms with Gasteiger partial charge in [0.05, 0.1) is 13.2 Å². The van der Waals surface area contributed by atoms with Gasteiger partial charge in [0.1, 0.15) is 11.6 Å². The van der Waals surface area contributed by atoms with Crippen LogP contribution in [0.5, 0.6) is 0 Å². The average molecular weight is 255 g/mol. The van der Waals surface area contributed by atoms with E-state index >= 15 is 0 Å². The Hall–Kier alpha value is -1.63. The molecule has 0 saturated carbocycles. The number of hydrogen-bond acceptors (Lipinski definition) is 6. The maximum Gasteiger partial charge on any atom is 0.411 e. The summed E-state index contributed by atoms with van der Waals surface area (Å²) < 4.78 is 15.8. The minimum atomic E-state index is -0.533. The van der Waals surface area contributed by atoms with Crippen molar-refractivity contribution in [2.45, 2.75) is 32.4 Å². The second kappa shape index (κ2) is 4.93. The molecule has 1 aromatic heterocycles. The molecule has 1 aliphatic rings. The van der Waals surface area contributed by atoms with Crippen molar-refractivity contribution in [3.05, 3.63) is 12.3 Å². The third-order valence-electron chi connectivity index (χ3n) is 2.42. The Morgan fingerprint density at radius 2 is 2.33 bits per heavy atom. The first kappa shape index (κ1) is 12.8. The summed E-state index contributed by atoms with van der Waals surface area (Å²) in [5.74, 6) is 0.362. The third kappa shape index (κ3) is 2.98. The Bertz CT molecular complexity index is 399. The zero-order valence-corrected chi connectivity index (χ0v) is 10.8. The van der Waals surface area contributed by atoms with Crippen molar-refractivity contribution in [3.63, 3.8) is 0 Å². The molecule has 2 rings (SSSR count). The van der Waals surface area contributed by atoms with E-state index in [1.807, 2.05) is 20.8 Å². The SMILES string of the molecule is CC(C)(C)OC(=O)N1CCOCC1c1nnco1. The van der Waals surface area contributed by atoms with Gasteiger partial charge in [-0.25, -0.2) is 4.79 Å². The molecule has 7 nitrogen and oxygen atoms in total. The van der Waals surface area contributed by atoms with Gasteiger partial charge in [0.2, 0.25) is 12.3 Å². The van der Waals surface area contributed by atoms with Gasteiger partial charge in [0, 0.05) is 6.54 Å². The molecule has 2 heterocycles. The second-order valence-corrected chi connectivity index (χ2v) is 5.04. The average Bonchev–Trinajstić information content (AvgIpc) is 2.80. The number of carbonyl (C=O) groups is 1.